The van der Waals surface area contributed by atoms with E-state index in [4.69, 9.17) is 10.5 Å². The van der Waals surface area contributed by atoms with E-state index >= 15 is 4.39 Å². The molecule has 3 N–H and O–H groups in total. The van der Waals surface area contributed by atoms with Gasteiger partial charge in [0.1, 0.15) is 36.1 Å². The van der Waals surface area contributed by atoms with Crippen LogP contribution in [0.2, 0.25) is 0 Å². The van der Waals surface area contributed by atoms with Gasteiger partial charge in [0.25, 0.3) is 0 Å². The van der Waals surface area contributed by atoms with Crippen LogP contribution in [0.25, 0.3) is 32.2 Å². The third-order valence-corrected chi connectivity index (χ3v) is 9.16. The van der Waals surface area contributed by atoms with E-state index in [0.29, 0.717) is 19.0 Å². The molecule has 1 saturated carbocycles. The van der Waals surface area contributed by atoms with Crippen LogP contribution >= 0.6 is 11.3 Å². The van der Waals surface area contributed by atoms with Crippen LogP contribution in [0.4, 0.5) is 41.7 Å². The van der Waals surface area contributed by atoms with Crippen molar-refractivity contribution >= 4 is 43.4 Å². The number of alkyl halides is 5. The highest BCUT2D eigenvalue weighted by Crippen LogP contribution is 2.46. The summed E-state index contributed by atoms with van der Waals surface area (Å²) in [7, 11) is 0. The molecular formula is C27H23F7N6OS. The topological polar surface area (TPSA) is 89.2 Å². The van der Waals surface area contributed by atoms with Crippen molar-refractivity contribution in [2.75, 3.05) is 30.7 Å². The molecule has 7 rings (SSSR count). The summed E-state index contributed by atoms with van der Waals surface area (Å²) < 4.78 is 108. The SMILES string of the molecule is Nc1nc2c(-c3c(C(F)(F)F)cc4c(N[C@H]5C[C@H]5F)nc(OC[C@@]56CCCN5C[C@H](F)C6)nc4c3F)ccc(F)c2s1. The molecule has 2 aliphatic heterocycles. The van der Waals surface area contributed by atoms with Crippen molar-refractivity contribution < 1.29 is 35.5 Å². The Morgan fingerprint density at radius 2 is 1.93 bits per heavy atom. The predicted octanol–water partition coefficient (Wildman–Crippen LogP) is 6.26. The van der Waals surface area contributed by atoms with Crippen molar-refractivity contribution in [2.24, 2.45) is 0 Å². The Morgan fingerprint density at radius 1 is 1.14 bits per heavy atom. The van der Waals surface area contributed by atoms with E-state index in [0.717, 1.165) is 29.9 Å². The lowest BCUT2D eigenvalue weighted by atomic mass is 9.95. The van der Waals surface area contributed by atoms with Gasteiger partial charge in [-0.15, -0.1) is 0 Å². The van der Waals surface area contributed by atoms with Crippen LogP contribution in [-0.4, -0.2) is 63.5 Å². The lowest BCUT2D eigenvalue weighted by molar-refractivity contribution is -0.137. The normalized spacial score (nSPS) is 25.8. The zero-order chi connectivity index (χ0) is 29.6. The maximum Gasteiger partial charge on any atom is 0.417 e. The zero-order valence-electron chi connectivity index (χ0n) is 21.7. The van der Waals surface area contributed by atoms with E-state index in [1.165, 1.54) is 0 Å². The van der Waals surface area contributed by atoms with Gasteiger partial charge in [-0.2, -0.15) is 23.1 Å². The summed E-state index contributed by atoms with van der Waals surface area (Å²) in [5.74, 6) is -2.36. The second-order valence-corrected chi connectivity index (χ2v) is 12.1. The Balaban J connectivity index is 1.40. The van der Waals surface area contributed by atoms with Gasteiger partial charge in [0.05, 0.1) is 27.4 Å². The van der Waals surface area contributed by atoms with Crippen molar-refractivity contribution in [1.82, 2.24) is 19.9 Å². The first-order valence-corrected chi connectivity index (χ1v) is 14.1. The van der Waals surface area contributed by atoms with Crippen LogP contribution in [0.3, 0.4) is 0 Å². The fourth-order valence-electron chi connectivity index (χ4n) is 6.20. The molecule has 15 heteroatoms. The van der Waals surface area contributed by atoms with Crippen LogP contribution in [0.1, 0.15) is 31.2 Å². The molecule has 4 atom stereocenters. The lowest BCUT2D eigenvalue weighted by Crippen LogP contribution is -2.43. The first-order valence-electron chi connectivity index (χ1n) is 13.3. The molecule has 2 saturated heterocycles. The Morgan fingerprint density at radius 3 is 2.67 bits per heavy atom. The minimum Gasteiger partial charge on any atom is -0.461 e. The molecule has 42 heavy (non-hydrogen) atoms. The van der Waals surface area contributed by atoms with Crippen molar-refractivity contribution in [1.29, 1.82) is 0 Å². The van der Waals surface area contributed by atoms with Crippen LogP contribution < -0.4 is 15.8 Å². The highest BCUT2D eigenvalue weighted by atomic mass is 32.1. The number of rotatable bonds is 6. The summed E-state index contributed by atoms with van der Waals surface area (Å²) >= 11 is 0.721. The zero-order valence-corrected chi connectivity index (χ0v) is 22.6. The molecule has 3 aliphatic rings. The second-order valence-electron chi connectivity index (χ2n) is 11.1. The van der Waals surface area contributed by atoms with E-state index in [2.05, 4.69) is 20.3 Å². The fraction of sp³-hybridized carbons (Fsp3) is 0.444. The van der Waals surface area contributed by atoms with Gasteiger partial charge in [0.15, 0.2) is 10.9 Å². The number of fused-ring (bicyclic) bond motifs is 3. The number of hydrogen-bond acceptors (Lipinski definition) is 8. The first kappa shape index (κ1) is 27.4. The third-order valence-electron chi connectivity index (χ3n) is 8.26. The van der Waals surface area contributed by atoms with E-state index in [1.807, 2.05) is 4.90 Å². The van der Waals surface area contributed by atoms with Crippen molar-refractivity contribution in [3.05, 3.63) is 35.4 Å². The molecule has 0 spiro atoms. The molecule has 2 aromatic heterocycles. The summed E-state index contributed by atoms with van der Waals surface area (Å²) in [6.07, 6.45) is -5.50. The fourth-order valence-corrected chi connectivity index (χ4v) is 6.96. The molecule has 0 bridgehead atoms. The Labute approximate surface area is 237 Å². The summed E-state index contributed by atoms with van der Waals surface area (Å²) in [6.45, 7) is 0.944. The molecule has 222 valence electrons. The number of nitrogens with two attached hydrogens (primary N) is 1. The highest BCUT2D eigenvalue weighted by Gasteiger charge is 2.49. The molecular weight excluding hydrogens is 589 g/mol. The van der Waals surface area contributed by atoms with E-state index in [-0.39, 0.29) is 64.1 Å². The Bertz CT molecular complexity index is 1730. The van der Waals surface area contributed by atoms with Crippen molar-refractivity contribution in [2.45, 2.75) is 55.8 Å². The van der Waals surface area contributed by atoms with E-state index in [9.17, 15) is 26.3 Å². The van der Waals surface area contributed by atoms with Gasteiger partial charge in [-0.25, -0.2) is 22.5 Å². The van der Waals surface area contributed by atoms with Gasteiger partial charge in [-0.1, -0.05) is 11.3 Å². The molecule has 4 heterocycles. The summed E-state index contributed by atoms with van der Waals surface area (Å²) in [5, 5.41) is 2.30. The van der Waals surface area contributed by atoms with Crippen LogP contribution in [0.5, 0.6) is 6.01 Å². The smallest absolute Gasteiger partial charge is 0.417 e. The number of nitrogen functional groups attached to an aromatic ring is 1. The minimum absolute atomic E-state index is 0.0146. The standard InChI is InChI=1S/C27H23F7N6OS/c28-11-8-26(4-1-5-40(26)9-11)10-41-25-38-20-13(23(39-25)36-17-7-16(17)30)6-14(27(32,33)34)18(19(20)31)12-2-3-15(29)22-21(12)37-24(35)42-22/h2-3,6,11,16-17H,1,4-5,7-10H2,(H2,35,37)(H,36,38,39)/t11-,16-,17+,26+/m1/s1. The minimum atomic E-state index is -5.06. The Kier molecular flexibility index (Phi) is 6.21. The molecule has 3 fully saturated rings. The molecule has 0 unspecified atom stereocenters. The van der Waals surface area contributed by atoms with Crippen LogP contribution in [-0.2, 0) is 6.18 Å². The second kappa shape index (κ2) is 9.53. The van der Waals surface area contributed by atoms with Gasteiger partial charge >= 0.3 is 12.2 Å². The molecule has 0 amide bonds. The molecule has 2 aromatic carbocycles. The number of anilines is 2. The number of halogens is 7. The number of nitrogens with zero attached hydrogens (tertiary/aromatic N) is 4. The van der Waals surface area contributed by atoms with Gasteiger partial charge < -0.3 is 15.8 Å². The van der Waals surface area contributed by atoms with Crippen molar-refractivity contribution in [3.8, 4) is 17.1 Å². The van der Waals surface area contributed by atoms with E-state index < -0.39 is 58.4 Å². The maximum absolute atomic E-state index is 16.4. The molecule has 1 aliphatic carbocycles. The number of benzene rings is 2. The average Bonchev–Trinajstić information content (AvgIpc) is 3.21. The molecule has 0 radical (unpaired) electrons. The van der Waals surface area contributed by atoms with Gasteiger partial charge in [0.2, 0.25) is 0 Å². The third kappa shape index (κ3) is 4.48. The lowest BCUT2D eigenvalue weighted by Gasteiger charge is -2.30. The Hall–Kier alpha value is -3.46. The maximum atomic E-state index is 16.4. The first-order chi connectivity index (χ1) is 19.9. The summed E-state index contributed by atoms with van der Waals surface area (Å²) in [5.41, 5.74) is 1.77. The molecule has 7 nitrogen and oxygen atoms in total. The number of hydrogen-bond donors (Lipinski definition) is 2. The number of nitrogens with one attached hydrogen (secondary N) is 1. The quantitative estimate of drug-likeness (QED) is 0.249. The summed E-state index contributed by atoms with van der Waals surface area (Å²) in [4.78, 5) is 14.3. The molecule has 4 aromatic rings. The van der Waals surface area contributed by atoms with Gasteiger partial charge in [-0.05, 0) is 37.6 Å². The van der Waals surface area contributed by atoms with Crippen molar-refractivity contribution in [3.63, 3.8) is 0 Å². The summed E-state index contributed by atoms with van der Waals surface area (Å²) in [6, 6.07) is 1.53. The number of thiazole rings is 1. The van der Waals surface area contributed by atoms with Gasteiger partial charge in [0, 0.05) is 35.9 Å². The average molecular weight is 613 g/mol. The van der Waals surface area contributed by atoms with Crippen LogP contribution in [0.15, 0.2) is 18.2 Å². The predicted molar refractivity (Wildman–Crippen MR) is 143 cm³/mol. The van der Waals surface area contributed by atoms with E-state index in [1.54, 1.807) is 0 Å². The van der Waals surface area contributed by atoms with Crippen LogP contribution in [0, 0.1) is 11.6 Å². The number of ether oxygens (including phenoxy) is 1. The number of aromatic nitrogens is 3. The van der Waals surface area contributed by atoms with Gasteiger partial charge in [-0.3, -0.25) is 4.90 Å². The largest absolute Gasteiger partial charge is 0.461 e. The monoisotopic (exact) mass is 612 g/mol. The highest BCUT2D eigenvalue weighted by molar-refractivity contribution is 7.22.